The Hall–Kier alpha value is -3.69. The lowest BCUT2D eigenvalue weighted by Crippen LogP contribution is -2.23. The Labute approximate surface area is 228 Å². The van der Waals surface area contributed by atoms with Crippen LogP contribution in [0.2, 0.25) is 5.02 Å². The van der Waals surface area contributed by atoms with Gasteiger partial charge in [0.05, 0.1) is 39.7 Å². The van der Waals surface area contributed by atoms with Crippen LogP contribution in [0.5, 0.6) is 5.75 Å². The van der Waals surface area contributed by atoms with Crippen molar-refractivity contribution in [2.75, 3.05) is 6.61 Å². The molecule has 0 saturated heterocycles. The lowest BCUT2D eigenvalue weighted by Gasteiger charge is -2.15. The first-order valence-electron chi connectivity index (χ1n) is 11.8. The van der Waals surface area contributed by atoms with Crippen LogP contribution in [0.1, 0.15) is 18.1 Å². The summed E-state index contributed by atoms with van der Waals surface area (Å²) in [6.07, 6.45) is -4.61. The monoisotopic (exact) mass is 575 g/mol. The highest BCUT2D eigenvalue weighted by molar-refractivity contribution is 7.18. The predicted molar refractivity (Wildman–Crippen MR) is 144 cm³/mol. The van der Waals surface area contributed by atoms with E-state index in [4.69, 9.17) is 16.3 Å². The van der Waals surface area contributed by atoms with Crippen molar-refractivity contribution < 1.29 is 26.7 Å². The molecule has 0 fully saturated rings. The maximum atomic E-state index is 14.6. The van der Waals surface area contributed by atoms with Gasteiger partial charge in [-0.3, -0.25) is 4.79 Å². The second kappa shape index (κ2) is 10.5. The zero-order valence-corrected chi connectivity index (χ0v) is 21.9. The zero-order valence-electron chi connectivity index (χ0n) is 20.3. The van der Waals surface area contributed by atoms with Gasteiger partial charge in [-0.2, -0.15) is 13.2 Å². The first-order chi connectivity index (χ1) is 18.6. The molecule has 200 valence electrons. The fourth-order valence-electron chi connectivity index (χ4n) is 4.35. The van der Waals surface area contributed by atoms with Crippen LogP contribution < -0.4 is 10.3 Å². The number of rotatable bonds is 6. The molecule has 10 heteroatoms. The molecule has 0 atom stereocenters. The van der Waals surface area contributed by atoms with E-state index >= 15 is 0 Å². The van der Waals surface area contributed by atoms with Gasteiger partial charge in [-0.05, 0) is 66.4 Å². The van der Waals surface area contributed by atoms with Crippen LogP contribution in [0, 0.1) is 11.6 Å². The Morgan fingerprint density at radius 3 is 2.44 bits per heavy atom. The van der Waals surface area contributed by atoms with Crippen LogP contribution in [0.3, 0.4) is 0 Å². The van der Waals surface area contributed by atoms with Gasteiger partial charge in [-0.25, -0.2) is 8.78 Å². The number of ether oxygens (including phenoxy) is 1. The SMILES string of the molecule is CCOc1ccc(-c2ccc(-c3cc4cccc(Cl)c4c(=O)n3Cc3ccc(F)cc3F)s2)cc1C(F)(F)F. The summed E-state index contributed by atoms with van der Waals surface area (Å²) in [6.45, 7) is 1.48. The summed E-state index contributed by atoms with van der Waals surface area (Å²) in [4.78, 5) is 14.7. The molecule has 0 unspecified atom stereocenters. The number of thiophene rings is 1. The molecule has 0 amide bonds. The molecule has 0 aliphatic carbocycles. The quantitative estimate of drug-likeness (QED) is 0.189. The van der Waals surface area contributed by atoms with E-state index in [0.717, 1.165) is 18.2 Å². The largest absolute Gasteiger partial charge is 0.493 e. The molecule has 5 rings (SSSR count). The zero-order chi connectivity index (χ0) is 27.9. The molecular formula is C29H19ClF5NO2S. The number of nitrogens with zero attached hydrogens (tertiary/aromatic N) is 1. The van der Waals surface area contributed by atoms with Gasteiger partial charge in [0.2, 0.25) is 0 Å². The molecule has 0 saturated carbocycles. The Bertz CT molecular complexity index is 1760. The summed E-state index contributed by atoms with van der Waals surface area (Å²) in [5, 5.41) is 1.01. The minimum atomic E-state index is -4.61. The van der Waals surface area contributed by atoms with Crippen LogP contribution in [0.15, 0.2) is 77.6 Å². The topological polar surface area (TPSA) is 31.2 Å². The third kappa shape index (κ3) is 5.29. The molecule has 3 nitrogen and oxygen atoms in total. The fraction of sp³-hybridized carbons (Fsp3) is 0.138. The molecule has 0 aliphatic heterocycles. The Morgan fingerprint density at radius 1 is 0.949 bits per heavy atom. The van der Waals surface area contributed by atoms with Gasteiger partial charge in [0.1, 0.15) is 17.4 Å². The number of aromatic nitrogens is 1. The summed E-state index contributed by atoms with van der Waals surface area (Å²) in [5.41, 5.74) is -0.543. The number of benzene rings is 3. The van der Waals surface area contributed by atoms with E-state index in [1.165, 1.54) is 34.1 Å². The van der Waals surface area contributed by atoms with Crippen molar-refractivity contribution in [2.24, 2.45) is 0 Å². The van der Waals surface area contributed by atoms with Crippen LogP contribution in [-0.2, 0) is 12.7 Å². The van der Waals surface area contributed by atoms with Gasteiger partial charge in [0, 0.05) is 16.5 Å². The second-order valence-electron chi connectivity index (χ2n) is 8.67. The second-order valence-corrected chi connectivity index (χ2v) is 10.2. The fourth-order valence-corrected chi connectivity index (χ4v) is 5.64. The third-order valence-corrected chi connectivity index (χ3v) is 7.63. The molecule has 2 heterocycles. The Morgan fingerprint density at radius 2 is 1.72 bits per heavy atom. The van der Waals surface area contributed by atoms with Gasteiger partial charge in [0.15, 0.2) is 0 Å². The summed E-state index contributed by atoms with van der Waals surface area (Å²) in [6, 6.07) is 17.0. The molecule has 0 bridgehead atoms. The first-order valence-corrected chi connectivity index (χ1v) is 13.0. The van der Waals surface area contributed by atoms with Gasteiger partial charge in [-0.15, -0.1) is 11.3 Å². The van der Waals surface area contributed by atoms with Crippen molar-refractivity contribution in [2.45, 2.75) is 19.6 Å². The van der Waals surface area contributed by atoms with Crippen LogP contribution in [-0.4, -0.2) is 11.2 Å². The van der Waals surface area contributed by atoms with Gasteiger partial charge < -0.3 is 9.30 Å². The highest BCUT2D eigenvalue weighted by Crippen LogP contribution is 2.41. The van der Waals surface area contributed by atoms with E-state index in [1.807, 2.05) is 0 Å². The summed E-state index contributed by atoms with van der Waals surface area (Å²) < 4.78 is 75.7. The minimum Gasteiger partial charge on any atom is -0.493 e. The maximum absolute atomic E-state index is 14.6. The van der Waals surface area contributed by atoms with Gasteiger partial charge >= 0.3 is 6.18 Å². The van der Waals surface area contributed by atoms with Crippen molar-refractivity contribution in [1.29, 1.82) is 0 Å². The smallest absolute Gasteiger partial charge is 0.419 e. The first kappa shape index (κ1) is 26.9. The van der Waals surface area contributed by atoms with Crippen molar-refractivity contribution in [3.05, 3.63) is 111 Å². The lowest BCUT2D eigenvalue weighted by atomic mass is 10.1. The number of pyridine rings is 1. The normalized spacial score (nSPS) is 11.8. The molecule has 0 spiro atoms. The summed E-state index contributed by atoms with van der Waals surface area (Å²) in [7, 11) is 0. The van der Waals surface area contributed by atoms with Crippen LogP contribution in [0.25, 0.3) is 31.8 Å². The average Bonchev–Trinajstić information content (AvgIpc) is 3.37. The van der Waals surface area contributed by atoms with E-state index in [1.54, 1.807) is 43.3 Å². The maximum Gasteiger partial charge on any atom is 0.419 e. The van der Waals surface area contributed by atoms with Crippen molar-refractivity contribution in [3.63, 3.8) is 0 Å². The number of hydrogen-bond acceptors (Lipinski definition) is 3. The molecule has 5 aromatic rings. The lowest BCUT2D eigenvalue weighted by molar-refractivity contribution is -0.138. The Kier molecular flexibility index (Phi) is 7.22. The van der Waals surface area contributed by atoms with Gasteiger partial charge in [0.25, 0.3) is 5.56 Å². The Balaban J connectivity index is 1.66. The summed E-state index contributed by atoms with van der Waals surface area (Å²) >= 11 is 7.50. The van der Waals surface area contributed by atoms with Crippen molar-refractivity contribution >= 4 is 33.7 Å². The minimum absolute atomic E-state index is 0.0870. The highest BCUT2D eigenvalue weighted by Gasteiger charge is 2.35. The van der Waals surface area contributed by atoms with Crippen LogP contribution in [0.4, 0.5) is 22.0 Å². The van der Waals surface area contributed by atoms with E-state index in [0.29, 0.717) is 26.4 Å². The third-order valence-electron chi connectivity index (χ3n) is 6.16. The number of hydrogen-bond donors (Lipinski definition) is 0. The van der Waals surface area contributed by atoms with Gasteiger partial charge in [-0.1, -0.05) is 29.8 Å². The summed E-state index contributed by atoms with van der Waals surface area (Å²) in [5.74, 6) is -1.82. The van der Waals surface area contributed by atoms with E-state index < -0.39 is 28.9 Å². The standard InChI is InChI=1S/C29H19ClF5NO2S/c1-2-38-24-9-7-16(12-20(24)29(33,34)35)25-10-11-26(39-25)23-13-17-4-3-5-21(30)27(17)28(37)36(23)15-18-6-8-19(31)14-22(18)32/h3-14H,2,15H2,1H3. The highest BCUT2D eigenvalue weighted by atomic mass is 35.5. The van der Waals surface area contributed by atoms with E-state index in [2.05, 4.69) is 0 Å². The van der Waals surface area contributed by atoms with Crippen LogP contribution >= 0.6 is 22.9 Å². The number of halogens is 6. The molecule has 3 aromatic carbocycles. The molecule has 0 radical (unpaired) electrons. The number of fused-ring (bicyclic) bond motifs is 1. The molecule has 39 heavy (non-hydrogen) atoms. The predicted octanol–water partition coefficient (Wildman–Crippen LogP) is 8.79. The molecule has 0 N–H and O–H groups in total. The van der Waals surface area contributed by atoms with E-state index in [-0.39, 0.29) is 34.9 Å². The number of alkyl halides is 3. The van der Waals surface area contributed by atoms with Crippen molar-refractivity contribution in [1.82, 2.24) is 4.57 Å². The molecular weight excluding hydrogens is 557 g/mol. The molecule has 2 aromatic heterocycles. The average molecular weight is 576 g/mol. The van der Waals surface area contributed by atoms with E-state index in [9.17, 15) is 26.7 Å². The van der Waals surface area contributed by atoms with Crippen molar-refractivity contribution in [3.8, 4) is 26.8 Å². The molecule has 0 aliphatic rings.